The average Bonchev–Trinajstić information content (AvgIpc) is 1.35. The maximum absolute atomic E-state index is 8.31. The van der Waals surface area contributed by atoms with Crippen molar-refractivity contribution in [2.24, 2.45) is 0 Å². The molecule has 0 aromatic rings. The normalized spacial score (nSPS) is 8.50. The molecule has 0 unspecified atom stereocenters. The number of rotatable bonds is 2. The Kier molecular flexibility index (Phi) is 5.01. The third-order valence-corrected chi connectivity index (χ3v) is 2.89. The van der Waals surface area contributed by atoms with Gasteiger partial charge < -0.3 is 0 Å². The van der Waals surface area contributed by atoms with E-state index in [0.29, 0.717) is 6.61 Å². The first-order valence-electron chi connectivity index (χ1n) is 1.71. The molecule has 0 amide bonds. The molecule has 0 aliphatic rings. The van der Waals surface area contributed by atoms with Gasteiger partial charge in [-0.2, -0.15) is 0 Å². The first kappa shape index (κ1) is 7.08. The standard InChI is InChI=1S/C2H5O.ClH.In.H2O/c1-2-3;;;/h2H2,1H3;1H;;1H2/q-1;;+3;/p-2. The topological polar surface area (TPSA) is 29.5 Å². The molecule has 0 bridgehead atoms. The van der Waals surface area contributed by atoms with Gasteiger partial charge >= 0.3 is 49.3 Å². The zero-order valence-corrected chi connectivity index (χ0v) is 7.57. The molecule has 0 aliphatic heterocycles. The van der Waals surface area contributed by atoms with Crippen LogP contribution in [0.2, 0.25) is 0 Å². The number of hydrogen-bond acceptors (Lipinski definition) is 2. The second-order valence-electron chi connectivity index (χ2n) is 0.747. The summed E-state index contributed by atoms with van der Waals surface area (Å²) in [5.41, 5.74) is 0. The monoisotopic (exact) mass is 212 g/mol. The van der Waals surface area contributed by atoms with Crippen molar-refractivity contribution >= 4 is 29.7 Å². The molecule has 0 fully saturated rings. The average molecular weight is 212 g/mol. The van der Waals surface area contributed by atoms with Crippen molar-refractivity contribution in [3.05, 3.63) is 0 Å². The van der Waals surface area contributed by atoms with Gasteiger partial charge in [0.2, 0.25) is 0 Å². The van der Waals surface area contributed by atoms with Crippen LogP contribution < -0.4 is 0 Å². The van der Waals surface area contributed by atoms with Crippen LogP contribution in [0.4, 0.5) is 0 Å². The summed E-state index contributed by atoms with van der Waals surface area (Å²) in [7, 11) is 5.12. The molecule has 6 heavy (non-hydrogen) atoms. The summed E-state index contributed by atoms with van der Waals surface area (Å²) in [6.07, 6.45) is 0. The van der Waals surface area contributed by atoms with Gasteiger partial charge in [-0.1, -0.05) is 0 Å². The van der Waals surface area contributed by atoms with Crippen LogP contribution in [0.1, 0.15) is 6.92 Å². The van der Waals surface area contributed by atoms with Crippen LogP contribution in [-0.2, 0) is 2.85 Å². The van der Waals surface area contributed by atoms with Crippen molar-refractivity contribution in [3.8, 4) is 0 Å². The van der Waals surface area contributed by atoms with E-state index < -0.39 is 21.1 Å². The van der Waals surface area contributed by atoms with E-state index in [4.69, 9.17) is 11.8 Å². The van der Waals surface area contributed by atoms with Crippen LogP contribution in [0.25, 0.3) is 0 Å². The molecule has 0 saturated heterocycles. The van der Waals surface area contributed by atoms with E-state index in [9.17, 15) is 0 Å². The first-order valence-corrected chi connectivity index (χ1v) is 8.70. The molecule has 36 valence electrons. The van der Waals surface area contributed by atoms with Crippen LogP contribution in [0, 0.1) is 0 Å². The van der Waals surface area contributed by atoms with Crippen LogP contribution in [0.3, 0.4) is 0 Å². The fraction of sp³-hybridized carbons (Fsp3) is 1.00. The summed E-state index contributed by atoms with van der Waals surface area (Å²) in [5.74, 6) is 0. The van der Waals surface area contributed by atoms with E-state index in [1.54, 1.807) is 0 Å². The molecular weight excluding hydrogens is 206 g/mol. The van der Waals surface area contributed by atoms with Crippen molar-refractivity contribution in [2.75, 3.05) is 6.61 Å². The molecular formula is C2H6ClInO2. The van der Waals surface area contributed by atoms with Gasteiger partial charge in [0.15, 0.2) is 0 Å². The van der Waals surface area contributed by atoms with Gasteiger partial charge in [-0.05, 0) is 0 Å². The van der Waals surface area contributed by atoms with Crippen LogP contribution in [-0.4, -0.2) is 31.0 Å². The van der Waals surface area contributed by atoms with Gasteiger partial charge in [0.05, 0.1) is 0 Å². The maximum atomic E-state index is 8.31. The second kappa shape index (κ2) is 4.24. The minimum atomic E-state index is -2.75. The Morgan fingerprint density at radius 2 is 2.50 bits per heavy atom. The molecule has 0 radical (unpaired) electrons. The Hall–Kier alpha value is 1.08. The van der Waals surface area contributed by atoms with Crippen molar-refractivity contribution in [3.63, 3.8) is 0 Å². The second-order valence-corrected chi connectivity index (χ2v) is 5.87. The Morgan fingerprint density at radius 1 is 2.00 bits per heavy atom. The molecule has 0 saturated carbocycles. The van der Waals surface area contributed by atoms with Crippen molar-refractivity contribution < 1.29 is 6.08 Å². The molecule has 2 nitrogen and oxygen atoms in total. The fourth-order valence-corrected chi connectivity index (χ4v) is 1.77. The molecule has 0 aromatic heterocycles. The molecule has 0 spiro atoms. The molecule has 1 N–H and O–H groups in total. The summed E-state index contributed by atoms with van der Waals surface area (Å²) in [4.78, 5) is 0. The summed E-state index contributed by atoms with van der Waals surface area (Å²) < 4.78 is 12.9. The predicted octanol–water partition coefficient (Wildman–Crippen LogP) is 0.239. The van der Waals surface area contributed by atoms with Gasteiger partial charge in [0.25, 0.3) is 0 Å². The van der Waals surface area contributed by atoms with E-state index >= 15 is 0 Å². The molecule has 0 aliphatic carbocycles. The molecule has 0 atom stereocenters. The quantitative estimate of drug-likeness (QED) is 0.710. The van der Waals surface area contributed by atoms with Crippen molar-refractivity contribution in [1.82, 2.24) is 0 Å². The van der Waals surface area contributed by atoms with E-state index in [2.05, 4.69) is 2.85 Å². The predicted molar refractivity (Wildman–Crippen MR) is 25.5 cm³/mol. The van der Waals surface area contributed by atoms with Gasteiger partial charge in [-0.25, -0.2) is 0 Å². The zero-order chi connectivity index (χ0) is 4.99. The Labute approximate surface area is 49.4 Å². The van der Waals surface area contributed by atoms with Gasteiger partial charge in [0.1, 0.15) is 0 Å². The summed E-state index contributed by atoms with van der Waals surface area (Å²) in [6, 6.07) is 0. The Morgan fingerprint density at radius 3 is 2.50 bits per heavy atom. The fourth-order valence-electron chi connectivity index (χ4n) is 0.138. The third-order valence-electron chi connectivity index (χ3n) is 0.304. The summed E-state index contributed by atoms with van der Waals surface area (Å²) in [5, 5.41) is 0. The minimum absolute atomic E-state index is 0.542. The first-order chi connectivity index (χ1) is 2.77. The molecule has 0 aromatic carbocycles. The number of hydrogen-bond donors (Lipinski definition) is 1. The van der Waals surface area contributed by atoms with Crippen LogP contribution >= 0.6 is 8.58 Å². The van der Waals surface area contributed by atoms with Gasteiger partial charge in [0, 0.05) is 0 Å². The number of halogens is 1. The van der Waals surface area contributed by atoms with Gasteiger partial charge in [-0.15, -0.1) is 0 Å². The Balaban J connectivity index is 2.63. The van der Waals surface area contributed by atoms with Crippen LogP contribution in [0.5, 0.6) is 0 Å². The van der Waals surface area contributed by atoms with Crippen molar-refractivity contribution in [1.29, 1.82) is 0 Å². The van der Waals surface area contributed by atoms with E-state index in [0.717, 1.165) is 0 Å². The van der Waals surface area contributed by atoms with Crippen molar-refractivity contribution in [2.45, 2.75) is 6.92 Å². The zero-order valence-electron chi connectivity index (χ0n) is 3.52. The van der Waals surface area contributed by atoms with E-state index in [1.807, 2.05) is 6.92 Å². The summed E-state index contributed by atoms with van der Waals surface area (Å²) in [6.45, 7) is 2.35. The van der Waals surface area contributed by atoms with E-state index in [1.165, 1.54) is 0 Å². The molecule has 4 heteroatoms. The summed E-state index contributed by atoms with van der Waals surface area (Å²) >= 11 is -2.75. The molecule has 0 rings (SSSR count). The molecule has 0 heterocycles. The van der Waals surface area contributed by atoms with Gasteiger partial charge in [-0.3, -0.25) is 0 Å². The SMILES string of the molecule is CC[O][In]([OH])[Cl]. The van der Waals surface area contributed by atoms with Crippen LogP contribution in [0.15, 0.2) is 0 Å². The van der Waals surface area contributed by atoms with E-state index in [-0.39, 0.29) is 0 Å². The Bertz CT molecular complexity index is 32.7. The third kappa shape index (κ3) is 5.08.